The number of fused-ring (bicyclic) bond motifs is 1. The van der Waals surface area contributed by atoms with Crippen LogP contribution in [0.5, 0.6) is 17.2 Å². The first-order chi connectivity index (χ1) is 17.5. The van der Waals surface area contributed by atoms with Crippen LogP contribution in [0.1, 0.15) is 44.4 Å². The summed E-state index contributed by atoms with van der Waals surface area (Å²) in [5.41, 5.74) is 1.17. The van der Waals surface area contributed by atoms with E-state index in [-0.39, 0.29) is 11.3 Å². The molecule has 2 aromatic carbocycles. The molecule has 1 N–H and O–H groups in total. The van der Waals surface area contributed by atoms with Gasteiger partial charge in [-0.2, -0.15) is 0 Å². The number of nitrogens with zero attached hydrogens (tertiary/aromatic N) is 2. The van der Waals surface area contributed by atoms with Crippen LogP contribution in [0.25, 0.3) is 5.76 Å². The van der Waals surface area contributed by atoms with Gasteiger partial charge in [0, 0.05) is 12.1 Å². The summed E-state index contributed by atoms with van der Waals surface area (Å²) in [6, 6.07) is 11.6. The van der Waals surface area contributed by atoms with E-state index in [4.69, 9.17) is 14.2 Å². The Morgan fingerprint density at radius 1 is 1.06 bits per heavy atom. The molecule has 192 valence electrons. The summed E-state index contributed by atoms with van der Waals surface area (Å²) in [5, 5.41) is 11.4. The first-order valence-corrected chi connectivity index (χ1v) is 12.6. The molecule has 1 fully saturated rings. The highest BCUT2D eigenvalue weighted by atomic mass is 16.6. The second kappa shape index (κ2) is 11.5. The number of ether oxygens (including phenoxy) is 3. The van der Waals surface area contributed by atoms with Crippen molar-refractivity contribution in [3.05, 3.63) is 59.2 Å². The van der Waals surface area contributed by atoms with Gasteiger partial charge in [-0.05, 0) is 68.9 Å². The Hall–Kier alpha value is -3.52. The van der Waals surface area contributed by atoms with Crippen LogP contribution in [0.3, 0.4) is 0 Å². The van der Waals surface area contributed by atoms with E-state index < -0.39 is 17.7 Å². The lowest BCUT2D eigenvalue weighted by molar-refractivity contribution is -0.140. The van der Waals surface area contributed by atoms with Crippen molar-refractivity contribution in [2.24, 2.45) is 0 Å². The standard InChI is InChI=1S/C28H34N2O6/c1-4-29(5-2)13-8-14-30-25(19-9-7-10-21(17-19)34-6-3)24(27(32)28(30)33)26(31)20-11-12-22-23(18-20)36-16-15-35-22/h7,9-12,17-18,25,31H,4-6,8,13-16H2,1-3H3/b26-24-. The molecule has 0 radical (unpaired) electrons. The maximum Gasteiger partial charge on any atom is 0.295 e. The highest BCUT2D eigenvalue weighted by Gasteiger charge is 2.46. The number of carbonyl (C=O) groups is 2. The van der Waals surface area contributed by atoms with E-state index >= 15 is 0 Å². The van der Waals surface area contributed by atoms with E-state index in [1.54, 1.807) is 23.1 Å². The lowest BCUT2D eigenvalue weighted by Gasteiger charge is -2.27. The Morgan fingerprint density at radius 2 is 1.81 bits per heavy atom. The zero-order valence-corrected chi connectivity index (χ0v) is 21.2. The molecule has 8 nitrogen and oxygen atoms in total. The summed E-state index contributed by atoms with van der Waals surface area (Å²) in [6.45, 7) is 10.5. The van der Waals surface area contributed by atoms with E-state index in [1.807, 2.05) is 31.2 Å². The van der Waals surface area contributed by atoms with Crippen molar-refractivity contribution in [2.45, 2.75) is 33.2 Å². The fourth-order valence-electron chi connectivity index (χ4n) is 4.75. The molecule has 0 aliphatic carbocycles. The molecule has 0 saturated carbocycles. The fourth-order valence-corrected chi connectivity index (χ4v) is 4.75. The van der Waals surface area contributed by atoms with Crippen LogP contribution in [0.15, 0.2) is 48.0 Å². The molecule has 2 aromatic rings. The number of carbonyl (C=O) groups excluding carboxylic acids is 2. The Balaban J connectivity index is 1.75. The Kier molecular flexibility index (Phi) is 8.15. The van der Waals surface area contributed by atoms with Gasteiger partial charge in [-0.3, -0.25) is 9.59 Å². The van der Waals surface area contributed by atoms with Crippen LogP contribution in [0.4, 0.5) is 0 Å². The average Bonchev–Trinajstić information content (AvgIpc) is 3.16. The minimum Gasteiger partial charge on any atom is -0.507 e. The van der Waals surface area contributed by atoms with Gasteiger partial charge in [0.15, 0.2) is 11.5 Å². The molecule has 1 unspecified atom stereocenters. The number of hydrogen-bond donors (Lipinski definition) is 1. The molecular formula is C28H34N2O6. The first-order valence-electron chi connectivity index (χ1n) is 12.6. The van der Waals surface area contributed by atoms with Gasteiger partial charge < -0.3 is 29.1 Å². The molecule has 2 heterocycles. The molecule has 1 saturated heterocycles. The van der Waals surface area contributed by atoms with Crippen molar-refractivity contribution in [3.63, 3.8) is 0 Å². The monoisotopic (exact) mass is 494 g/mol. The number of Topliss-reactive ketones (excluding diaryl/α,β-unsaturated/α-hetero) is 1. The molecule has 2 aliphatic rings. The molecule has 36 heavy (non-hydrogen) atoms. The van der Waals surface area contributed by atoms with Crippen molar-refractivity contribution in [1.29, 1.82) is 0 Å². The van der Waals surface area contributed by atoms with Crippen LogP contribution in [0.2, 0.25) is 0 Å². The smallest absolute Gasteiger partial charge is 0.295 e. The van der Waals surface area contributed by atoms with Gasteiger partial charge >= 0.3 is 0 Å². The molecule has 1 amide bonds. The summed E-state index contributed by atoms with van der Waals surface area (Å²) in [7, 11) is 0. The lowest BCUT2D eigenvalue weighted by atomic mass is 9.95. The SMILES string of the molecule is CCOc1cccc(C2/C(=C(/O)c3ccc4c(c3)OCCO4)C(=O)C(=O)N2CCCN(CC)CC)c1. The van der Waals surface area contributed by atoms with Crippen LogP contribution >= 0.6 is 0 Å². The van der Waals surface area contributed by atoms with Crippen molar-refractivity contribution in [3.8, 4) is 17.2 Å². The molecule has 0 aromatic heterocycles. The van der Waals surface area contributed by atoms with Gasteiger partial charge in [-0.1, -0.05) is 26.0 Å². The molecule has 8 heteroatoms. The third kappa shape index (κ3) is 5.18. The molecule has 0 bridgehead atoms. The summed E-state index contributed by atoms with van der Waals surface area (Å²) in [6.07, 6.45) is 0.709. The predicted molar refractivity (Wildman–Crippen MR) is 136 cm³/mol. The van der Waals surface area contributed by atoms with Crippen LogP contribution in [0, 0.1) is 0 Å². The highest BCUT2D eigenvalue weighted by molar-refractivity contribution is 6.46. The predicted octanol–water partition coefficient (Wildman–Crippen LogP) is 4.01. The van der Waals surface area contributed by atoms with E-state index in [1.165, 1.54) is 0 Å². The van der Waals surface area contributed by atoms with Crippen LogP contribution in [-0.4, -0.2) is 72.6 Å². The van der Waals surface area contributed by atoms with Crippen molar-refractivity contribution >= 4 is 17.4 Å². The quantitative estimate of drug-likeness (QED) is 0.303. The van der Waals surface area contributed by atoms with E-state index in [0.717, 1.165) is 19.6 Å². The zero-order chi connectivity index (χ0) is 25.7. The normalized spacial score (nSPS) is 18.7. The molecular weight excluding hydrogens is 460 g/mol. The molecule has 0 spiro atoms. The highest BCUT2D eigenvalue weighted by Crippen LogP contribution is 2.41. The largest absolute Gasteiger partial charge is 0.507 e. The van der Waals surface area contributed by atoms with Crippen molar-refractivity contribution in [2.75, 3.05) is 46.0 Å². The minimum atomic E-state index is -0.727. The maximum absolute atomic E-state index is 13.3. The van der Waals surface area contributed by atoms with Gasteiger partial charge in [0.1, 0.15) is 24.7 Å². The second-order valence-corrected chi connectivity index (χ2v) is 8.74. The average molecular weight is 495 g/mol. The van der Waals surface area contributed by atoms with Gasteiger partial charge in [-0.15, -0.1) is 0 Å². The Morgan fingerprint density at radius 3 is 2.53 bits per heavy atom. The summed E-state index contributed by atoms with van der Waals surface area (Å²) in [5.74, 6) is 0.174. The number of amides is 1. The number of aliphatic hydroxyl groups is 1. The molecule has 1 atom stereocenters. The summed E-state index contributed by atoms with van der Waals surface area (Å²) < 4.78 is 16.9. The summed E-state index contributed by atoms with van der Waals surface area (Å²) in [4.78, 5) is 30.4. The first kappa shape index (κ1) is 25.6. The van der Waals surface area contributed by atoms with Gasteiger partial charge in [0.2, 0.25) is 0 Å². The minimum absolute atomic E-state index is 0.0631. The van der Waals surface area contributed by atoms with Crippen LogP contribution < -0.4 is 14.2 Å². The number of likely N-dealkylation sites (tertiary alicyclic amines) is 1. The zero-order valence-electron chi connectivity index (χ0n) is 21.2. The number of rotatable bonds is 10. The second-order valence-electron chi connectivity index (χ2n) is 8.74. The number of benzene rings is 2. The third-order valence-corrected chi connectivity index (χ3v) is 6.61. The van der Waals surface area contributed by atoms with Gasteiger partial charge in [0.05, 0.1) is 18.2 Å². The Bertz CT molecular complexity index is 1140. The van der Waals surface area contributed by atoms with E-state index in [9.17, 15) is 14.7 Å². The van der Waals surface area contributed by atoms with Gasteiger partial charge in [-0.25, -0.2) is 0 Å². The van der Waals surface area contributed by atoms with Crippen molar-refractivity contribution in [1.82, 2.24) is 9.80 Å². The van der Waals surface area contributed by atoms with Crippen LogP contribution in [-0.2, 0) is 9.59 Å². The van der Waals surface area contributed by atoms with E-state index in [0.29, 0.717) is 61.2 Å². The maximum atomic E-state index is 13.3. The number of aliphatic hydroxyl groups excluding tert-OH is 1. The fraction of sp³-hybridized carbons (Fsp3) is 0.429. The molecule has 2 aliphatic heterocycles. The topological polar surface area (TPSA) is 88.5 Å². The lowest BCUT2D eigenvalue weighted by Crippen LogP contribution is -2.33. The number of hydrogen-bond acceptors (Lipinski definition) is 7. The van der Waals surface area contributed by atoms with Gasteiger partial charge in [0.25, 0.3) is 11.7 Å². The Labute approximate surface area is 212 Å². The number of ketones is 1. The van der Waals surface area contributed by atoms with Crippen molar-refractivity contribution < 1.29 is 28.9 Å². The molecule has 4 rings (SSSR count). The summed E-state index contributed by atoms with van der Waals surface area (Å²) >= 11 is 0. The van der Waals surface area contributed by atoms with E-state index in [2.05, 4.69) is 18.7 Å². The third-order valence-electron chi connectivity index (χ3n) is 6.61.